The first-order valence-electron chi connectivity index (χ1n) is 4.64. The molecule has 0 heterocycles. The molecule has 2 aliphatic rings. The van der Waals surface area contributed by atoms with Crippen LogP contribution in [0.3, 0.4) is 0 Å². The van der Waals surface area contributed by atoms with Crippen LogP contribution in [-0.4, -0.2) is 17.3 Å². The molecule has 0 aromatic heterocycles. The molecular weight excluding hydrogens is 138 g/mol. The molecule has 2 heteroatoms. The van der Waals surface area contributed by atoms with Crippen LogP contribution in [0.1, 0.15) is 32.1 Å². The molecule has 0 radical (unpaired) electrons. The normalized spacial score (nSPS) is 49.6. The molecule has 0 aromatic carbocycles. The van der Waals surface area contributed by atoms with Crippen molar-refractivity contribution in [3.8, 4) is 0 Å². The van der Waals surface area contributed by atoms with Gasteiger partial charge in [-0.3, -0.25) is 0 Å². The zero-order valence-electron chi connectivity index (χ0n) is 6.92. The molecule has 0 spiro atoms. The molecule has 64 valence electrons. The summed E-state index contributed by atoms with van der Waals surface area (Å²) in [5.74, 6) is 1.22. The van der Waals surface area contributed by atoms with Crippen molar-refractivity contribution in [2.24, 2.45) is 17.6 Å². The highest BCUT2D eigenvalue weighted by Gasteiger charge is 2.45. The summed E-state index contributed by atoms with van der Waals surface area (Å²) >= 11 is 0. The third kappa shape index (κ3) is 1.09. The van der Waals surface area contributed by atoms with E-state index in [9.17, 15) is 0 Å². The highest BCUT2D eigenvalue weighted by molar-refractivity contribution is 5.02. The monoisotopic (exact) mass is 155 g/mol. The predicted molar refractivity (Wildman–Crippen MR) is 44.1 cm³/mol. The standard InChI is InChI=1S/C9H17NO/c10-9-3-1-2-7(5-9)4-8(9)6-11/h7-8,11H,1-6,10H2/t7-,8+,9+/m1/s1. The van der Waals surface area contributed by atoms with Crippen molar-refractivity contribution in [1.29, 1.82) is 0 Å². The predicted octanol–water partition coefficient (Wildman–Crippen LogP) is 0.886. The Morgan fingerprint density at radius 1 is 1.55 bits per heavy atom. The van der Waals surface area contributed by atoms with E-state index in [-0.39, 0.29) is 5.54 Å². The van der Waals surface area contributed by atoms with E-state index >= 15 is 0 Å². The summed E-state index contributed by atoms with van der Waals surface area (Å²) in [5, 5.41) is 9.10. The van der Waals surface area contributed by atoms with Gasteiger partial charge in [-0.1, -0.05) is 12.8 Å². The third-order valence-corrected chi connectivity index (χ3v) is 3.57. The fourth-order valence-electron chi connectivity index (χ4n) is 2.93. The molecule has 11 heavy (non-hydrogen) atoms. The van der Waals surface area contributed by atoms with Crippen LogP contribution in [0.15, 0.2) is 0 Å². The topological polar surface area (TPSA) is 46.2 Å². The molecule has 3 atom stereocenters. The first kappa shape index (κ1) is 7.56. The zero-order valence-corrected chi connectivity index (χ0v) is 6.92. The average Bonchev–Trinajstić information content (AvgIpc) is 2.21. The van der Waals surface area contributed by atoms with Crippen molar-refractivity contribution < 1.29 is 5.11 Å². The summed E-state index contributed by atoms with van der Waals surface area (Å²) in [5.41, 5.74) is 6.21. The molecule has 2 rings (SSSR count). The van der Waals surface area contributed by atoms with Gasteiger partial charge in [0.2, 0.25) is 0 Å². The fraction of sp³-hybridized carbons (Fsp3) is 1.00. The van der Waals surface area contributed by atoms with Crippen molar-refractivity contribution in [2.75, 3.05) is 6.61 Å². The first-order chi connectivity index (χ1) is 5.24. The lowest BCUT2D eigenvalue weighted by molar-refractivity contribution is 0.166. The van der Waals surface area contributed by atoms with E-state index in [0.717, 1.165) is 18.8 Å². The van der Waals surface area contributed by atoms with E-state index in [4.69, 9.17) is 10.8 Å². The van der Waals surface area contributed by atoms with Gasteiger partial charge >= 0.3 is 0 Å². The number of aliphatic hydroxyl groups is 1. The van der Waals surface area contributed by atoms with Crippen LogP contribution < -0.4 is 5.73 Å². The molecule has 3 N–H and O–H groups in total. The van der Waals surface area contributed by atoms with E-state index in [0.29, 0.717) is 12.5 Å². The number of nitrogens with two attached hydrogens (primary N) is 1. The van der Waals surface area contributed by atoms with Gasteiger partial charge in [0.15, 0.2) is 0 Å². The maximum atomic E-state index is 9.10. The second kappa shape index (κ2) is 2.46. The van der Waals surface area contributed by atoms with E-state index in [1.54, 1.807) is 0 Å². The van der Waals surface area contributed by atoms with Crippen LogP contribution in [0.4, 0.5) is 0 Å². The minimum atomic E-state index is 0.0116. The van der Waals surface area contributed by atoms with E-state index < -0.39 is 0 Å². The van der Waals surface area contributed by atoms with Gasteiger partial charge in [-0.25, -0.2) is 0 Å². The molecule has 0 aromatic rings. The molecular formula is C9H17NO. The molecule has 2 saturated carbocycles. The summed E-state index contributed by atoms with van der Waals surface area (Å²) in [6, 6.07) is 0. The van der Waals surface area contributed by atoms with Crippen molar-refractivity contribution in [2.45, 2.75) is 37.6 Å². The molecule has 0 amide bonds. The minimum Gasteiger partial charge on any atom is -0.396 e. The van der Waals surface area contributed by atoms with E-state index in [1.165, 1.54) is 19.3 Å². The second-order valence-electron chi connectivity index (χ2n) is 4.31. The summed E-state index contributed by atoms with van der Waals surface area (Å²) in [4.78, 5) is 0. The molecule has 0 saturated heterocycles. The van der Waals surface area contributed by atoms with Gasteiger partial charge in [-0.05, 0) is 25.2 Å². The largest absolute Gasteiger partial charge is 0.396 e. The van der Waals surface area contributed by atoms with Gasteiger partial charge in [0.05, 0.1) is 0 Å². The number of aliphatic hydroxyl groups excluding tert-OH is 1. The Hall–Kier alpha value is -0.0800. The summed E-state index contributed by atoms with van der Waals surface area (Å²) in [6.45, 7) is 0.299. The lowest BCUT2D eigenvalue weighted by Crippen LogP contribution is -2.45. The SMILES string of the molecule is N[C@]12CCC[C@H](C[C@H]1CO)C2. The molecule has 2 fully saturated rings. The van der Waals surface area contributed by atoms with Gasteiger partial charge in [-0.2, -0.15) is 0 Å². The van der Waals surface area contributed by atoms with Crippen LogP contribution in [0.5, 0.6) is 0 Å². The van der Waals surface area contributed by atoms with Crippen LogP contribution >= 0.6 is 0 Å². The van der Waals surface area contributed by atoms with Crippen LogP contribution in [-0.2, 0) is 0 Å². The fourth-order valence-corrected chi connectivity index (χ4v) is 2.93. The highest BCUT2D eigenvalue weighted by atomic mass is 16.3. The third-order valence-electron chi connectivity index (χ3n) is 3.57. The summed E-state index contributed by atoms with van der Waals surface area (Å²) in [7, 11) is 0. The number of fused-ring (bicyclic) bond motifs is 2. The molecule has 2 aliphatic carbocycles. The van der Waals surface area contributed by atoms with Crippen LogP contribution in [0.2, 0.25) is 0 Å². The van der Waals surface area contributed by atoms with Gasteiger partial charge in [0, 0.05) is 18.1 Å². The number of rotatable bonds is 1. The second-order valence-corrected chi connectivity index (χ2v) is 4.31. The Morgan fingerprint density at radius 3 is 3.00 bits per heavy atom. The van der Waals surface area contributed by atoms with Crippen molar-refractivity contribution in [1.82, 2.24) is 0 Å². The zero-order chi connectivity index (χ0) is 7.90. The number of hydrogen-bond donors (Lipinski definition) is 2. The van der Waals surface area contributed by atoms with Crippen molar-refractivity contribution in [3.63, 3.8) is 0 Å². The Balaban J connectivity index is 2.14. The van der Waals surface area contributed by atoms with Crippen LogP contribution in [0, 0.1) is 11.8 Å². The summed E-state index contributed by atoms with van der Waals surface area (Å²) < 4.78 is 0. The van der Waals surface area contributed by atoms with E-state index in [2.05, 4.69) is 0 Å². The van der Waals surface area contributed by atoms with Gasteiger partial charge in [0.1, 0.15) is 0 Å². The Kier molecular flexibility index (Phi) is 1.69. The minimum absolute atomic E-state index is 0.0116. The number of hydrogen-bond acceptors (Lipinski definition) is 2. The first-order valence-corrected chi connectivity index (χ1v) is 4.64. The Bertz CT molecular complexity index is 160. The smallest absolute Gasteiger partial charge is 0.0476 e. The summed E-state index contributed by atoms with van der Waals surface area (Å²) in [6.07, 6.45) is 6.09. The maximum Gasteiger partial charge on any atom is 0.0476 e. The van der Waals surface area contributed by atoms with Crippen molar-refractivity contribution >= 4 is 0 Å². The van der Waals surface area contributed by atoms with E-state index in [1.807, 2.05) is 0 Å². The molecule has 2 bridgehead atoms. The quantitative estimate of drug-likeness (QED) is 0.590. The molecule has 0 aliphatic heterocycles. The van der Waals surface area contributed by atoms with Crippen LogP contribution in [0.25, 0.3) is 0 Å². The maximum absolute atomic E-state index is 9.10. The lowest BCUT2D eigenvalue weighted by Gasteiger charge is -2.32. The molecule has 0 unspecified atom stereocenters. The van der Waals surface area contributed by atoms with Gasteiger partial charge in [0.25, 0.3) is 0 Å². The van der Waals surface area contributed by atoms with Crippen molar-refractivity contribution in [3.05, 3.63) is 0 Å². The Morgan fingerprint density at radius 2 is 2.36 bits per heavy atom. The average molecular weight is 155 g/mol. The van der Waals surface area contributed by atoms with Gasteiger partial charge in [-0.15, -0.1) is 0 Å². The molecule has 2 nitrogen and oxygen atoms in total. The highest BCUT2D eigenvalue weighted by Crippen LogP contribution is 2.46. The van der Waals surface area contributed by atoms with Gasteiger partial charge < -0.3 is 10.8 Å². The Labute approximate surface area is 67.8 Å². The lowest BCUT2D eigenvalue weighted by atomic mass is 9.80.